The standard InChI is InChI=1S/C24H28FN5O2/c1-26-24(30-10-11-31-23(16-30)20-14-28-29(2)15-20)27-13-18-6-8-22(9-7-18)32-17-19-4-3-5-21(25)12-19/h3-9,12,14-15,23H,10-11,13,16-17H2,1-2H3,(H,26,27). The van der Waals surface area contributed by atoms with Gasteiger partial charge in [-0.2, -0.15) is 5.10 Å². The molecule has 2 heterocycles. The fourth-order valence-electron chi connectivity index (χ4n) is 3.66. The molecule has 1 aliphatic rings. The maximum Gasteiger partial charge on any atom is 0.194 e. The largest absolute Gasteiger partial charge is 0.489 e. The second kappa shape index (κ2) is 10.3. The molecule has 1 fully saturated rings. The van der Waals surface area contributed by atoms with E-state index in [1.165, 1.54) is 12.1 Å². The van der Waals surface area contributed by atoms with Crippen molar-refractivity contribution in [2.45, 2.75) is 19.3 Å². The lowest BCUT2D eigenvalue weighted by molar-refractivity contribution is -0.00805. The Labute approximate surface area is 187 Å². The molecule has 1 unspecified atom stereocenters. The van der Waals surface area contributed by atoms with E-state index in [4.69, 9.17) is 9.47 Å². The fourth-order valence-corrected chi connectivity index (χ4v) is 3.66. The summed E-state index contributed by atoms with van der Waals surface area (Å²) in [6.07, 6.45) is 3.82. The minimum Gasteiger partial charge on any atom is -0.489 e. The molecule has 0 saturated carbocycles. The van der Waals surface area contributed by atoms with Gasteiger partial charge in [-0.25, -0.2) is 4.39 Å². The third-order valence-corrected chi connectivity index (χ3v) is 5.34. The zero-order chi connectivity index (χ0) is 22.3. The summed E-state index contributed by atoms with van der Waals surface area (Å²) in [5.41, 5.74) is 2.98. The number of rotatable bonds is 6. The Hall–Kier alpha value is -3.39. The molecule has 0 amide bonds. The first-order valence-electron chi connectivity index (χ1n) is 10.6. The summed E-state index contributed by atoms with van der Waals surface area (Å²) in [4.78, 5) is 6.65. The van der Waals surface area contributed by atoms with Crippen molar-refractivity contribution in [3.63, 3.8) is 0 Å². The van der Waals surface area contributed by atoms with Crippen molar-refractivity contribution in [2.24, 2.45) is 12.0 Å². The molecular formula is C24H28FN5O2. The summed E-state index contributed by atoms with van der Waals surface area (Å²) >= 11 is 0. The van der Waals surface area contributed by atoms with Crippen molar-refractivity contribution in [3.8, 4) is 5.75 Å². The highest BCUT2D eigenvalue weighted by Crippen LogP contribution is 2.22. The summed E-state index contributed by atoms with van der Waals surface area (Å²) in [6.45, 7) is 3.11. The SMILES string of the molecule is CN=C(NCc1ccc(OCc2cccc(F)c2)cc1)N1CCOC(c2cnn(C)c2)C1. The first-order valence-corrected chi connectivity index (χ1v) is 10.6. The van der Waals surface area contributed by atoms with Crippen molar-refractivity contribution >= 4 is 5.96 Å². The molecule has 4 rings (SSSR count). The summed E-state index contributed by atoms with van der Waals surface area (Å²) in [5.74, 6) is 1.33. The molecule has 0 spiro atoms. The van der Waals surface area contributed by atoms with Crippen LogP contribution in [-0.4, -0.2) is 47.4 Å². The number of halogens is 1. The number of benzene rings is 2. The minimum absolute atomic E-state index is 0.0227. The number of nitrogens with zero attached hydrogens (tertiary/aromatic N) is 4. The molecule has 1 saturated heterocycles. The van der Waals surface area contributed by atoms with E-state index >= 15 is 0 Å². The fraction of sp³-hybridized carbons (Fsp3) is 0.333. The number of nitrogens with one attached hydrogen (secondary N) is 1. The van der Waals surface area contributed by atoms with Crippen LogP contribution in [0.25, 0.3) is 0 Å². The van der Waals surface area contributed by atoms with E-state index < -0.39 is 0 Å². The number of hydrogen-bond acceptors (Lipinski definition) is 4. The van der Waals surface area contributed by atoms with E-state index in [-0.39, 0.29) is 11.9 Å². The van der Waals surface area contributed by atoms with Crippen LogP contribution in [0.1, 0.15) is 22.8 Å². The molecule has 0 bridgehead atoms. The van der Waals surface area contributed by atoms with Gasteiger partial charge in [-0.1, -0.05) is 24.3 Å². The van der Waals surface area contributed by atoms with E-state index in [0.29, 0.717) is 19.8 Å². The highest BCUT2D eigenvalue weighted by Gasteiger charge is 2.25. The molecule has 1 atom stereocenters. The first kappa shape index (κ1) is 21.8. The minimum atomic E-state index is -0.257. The summed E-state index contributed by atoms with van der Waals surface area (Å²) in [5, 5.41) is 7.68. The zero-order valence-corrected chi connectivity index (χ0v) is 18.4. The first-order chi connectivity index (χ1) is 15.6. The zero-order valence-electron chi connectivity index (χ0n) is 18.4. The lowest BCUT2D eigenvalue weighted by Crippen LogP contribution is -2.47. The second-order valence-electron chi connectivity index (χ2n) is 7.72. The maximum atomic E-state index is 13.3. The van der Waals surface area contributed by atoms with Crippen LogP contribution in [0.5, 0.6) is 5.75 Å². The van der Waals surface area contributed by atoms with Gasteiger partial charge in [0, 0.05) is 38.9 Å². The Morgan fingerprint density at radius 3 is 2.81 bits per heavy atom. The summed E-state index contributed by atoms with van der Waals surface area (Å²) < 4.78 is 26.8. The normalized spacial score (nSPS) is 16.8. The molecule has 3 aromatic rings. The van der Waals surface area contributed by atoms with E-state index in [1.54, 1.807) is 17.8 Å². The molecular weight excluding hydrogens is 409 g/mol. The molecule has 2 aromatic carbocycles. The van der Waals surface area contributed by atoms with Crippen LogP contribution >= 0.6 is 0 Å². The van der Waals surface area contributed by atoms with Crippen LogP contribution in [0.3, 0.4) is 0 Å². The molecule has 168 valence electrons. The lowest BCUT2D eigenvalue weighted by Gasteiger charge is -2.34. The van der Waals surface area contributed by atoms with Gasteiger partial charge < -0.3 is 19.7 Å². The molecule has 0 aliphatic carbocycles. The quantitative estimate of drug-likeness (QED) is 0.474. The number of aromatic nitrogens is 2. The van der Waals surface area contributed by atoms with Crippen molar-refractivity contribution < 1.29 is 13.9 Å². The van der Waals surface area contributed by atoms with Crippen LogP contribution in [0.4, 0.5) is 4.39 Å². The third-order valence-electron chi connectivity index (χ3n) is 5.34. The van der Waals surface area contributed by atoms with Crippen LogP contribution in [0.2, 0.25) is 0 Å². The highest BCUT2D eigenvalue weighted by atomic mass is 19.1. The second-order valence-corrected chi connectivity index (χ2v) is 7.72. The number of guanidine groups is 1. The molecule has 1 N–H and O–H groups in total. The molecule has 8 heteroatoms. The average Bonchev–Trinajstić information content (AvgIpc) is 3.25. The highest BCUT2D eigenvalue weighted by molar-refractivity contribution is 5.80. The van der Waals surface area contributed by atoms with E-state index in [2.05, 4.69) is 20.3 Å². The van der Waals surface area contributed by atoms with Crippen LogP contribution < -0.4 is 10.1 Å². The van der Waals surface area contributed by atoms with Gasteiger partial charge in [0.05, 0.1) is 19.3 Å². The summed E-state index contributed by atoms with van der Waals surface area (Å²) in [6, 6.07) is 14.3. The molecule has 32 heavy (non-hydrogen) atoms. The van der Waals surface area contributed by atoms with Gasteiger partial charge in [0.1, 0.15) is 24.3 Å². The predicted octanol–water partition coefficient (Wildman–Crippen LogP) is 3.29. The van der Waals surface area contributed by atoms with E-state index in [1.807, 2.05) is 49.8 Å². The Balaban J connectivity index is 1.29. The van der Waals surface area contributed by atoms with Gasteiger partial charge >= 0.3 is 0 Å². The molecule has 1 aromatic heterocycles. The molecule has 0 radical (unpaired) electrons. The maximum absolute atomic E-state index is 13.3. The number of hydrogen-bond donors (Lipinski definition) is 1. The predicted molar refractivity (Wildman–Crippen MR) is 121 cm³/mol. The van der Waals surface area contributed by atoms with Crippen molar-refractivity contribution in [2.75, 3.05) is 26.7 Å². The van der Waals surface area contributed by atoms with Gasteiger partial charge in [0.2, 0.25) is 0 Å². The number of aryl methyl sites for hydroxylation is 1. The van der Waals surface area contributed by atoms with Crippen molar-refractivity contribution in [1.82, 2.24) is 20.0 Å². The van der Waals surface area contributed by atoms with E-state index in [9.17, 15) is 4.39 Å². The Bertz CT molecular complexity index is 1050. The molecule has 7 nitrogen and oxygen atoms in total. The van der Waals surface area contributed by atoms with E-state index in [0.717, 1.165) is 41.5 Å². The smallest absolute Gasteiger partial charge is 0.194 e. The lowest BCUT2D eigenvalue weighted by atomic mass is 10.1. The van der Waals surface area contributed by atoms with Crippen LogP contribution in [-0.2, 0) is 24.9 Å². The van der Waals surface area contributed by atoms with Crippen LogP contribution in [0, 0.1) is 5.82 Å². The number of ether oxygens (including phenoxy) is 2. The van der Waals surface area contributed by atoms with Gasteiger partial charge in [-0.05, 0) is 35.4 Å². The van der Waals surface area contributed by atoms with Gasteiger partial charge in [-0.15, -0.1) is 0 Å². The Morgan fingerprint density at radius 2 is 2.09 bits per heavy atom. The average molecular weight is 438 g/mol. The van der Waals surface area contributed by atoms with Gasteiger partial charge in [0.25, 0.3) is 0 Å². The number of morpholine rings is 1. The third kappa shape index (κ3) is 5.64. The van der Waals surface area contributed by atoms with Gasteiger partial charge in [-0.3, -0.25) is 9.67 Å². The Kier molecular flexibility index (Phi) is 7.01. The van der Waals surface area contributed by atoms with Crippen LogP contribution in [0.15, 0.2) is 65.9 Å². The van der Waals surface area contributed by atoms with Gasteiger partial charge in [0.15, 0.2) is 5.96 Å². The summed E-state index contributed by atoms with van der Waals surface area (Å²) in [7, 11) is 3.70. The molecule has 1 aliphatic heterocycles. The van der Waals surface area contributed by atoms with Crippen molar-refractivity contribution in [1.29, 1.82) is 0 Å². The monoisotopic (exact) mass is 437 g/mol. The Morgan fingerprint density at radius 1 is 1.25 bits per heavy atom. The van der Waals surface area contributed by atoms with Crippen molar-refractivity contribution in [3.05, 3.63) is 83.4 Å². The number of aliphatic imine (C=N–C) groups is 1. The topological polar surface area (TPSA) is 63.9 Å².